The van der Waals surface area contributed by atoms with Crippen LogP contribution in [0.2, 0.25) is 0 Å². The zero-order valence-electron chi connectivity index (χ0n) is 11.2. The van der Waals surface area contributed by atoms with E-state index in [2.05, 4.69) is 50.8 Å². The highest BCUT2D eigenvalue weighted by Crippen LogP contribution is 2.39. The Labute approximate surface area is 105 Å². The van der Waals surface area contributed by atoms with E-state index in [1.807, 2.05) is 0 Å². The van der Waals surface area contributed by atoms with Gasteiger partial charge in [-0.2, -0.15) is 0 Å². The molecule has 0 nitrogen and oxygen atoms in total. The largest absolute Gasteiger partial charge is 0.117 e. The molecule has 0 saturated heterocycles. The van der Waals surface area contributed by atoms with Crippen molar-refractivity contribution in [3.8, 4) is 0 Å². The molecule has 1 saturated carbocycles. The van der Waals surface area contributed by atoms with Gasteiger partial charge in [0.15, 0.2) is 0 Å². The quantitative estimate of drug-likeness (QED) is 0.586. The Morgan fingerprint density at radius 3 is 2.71 bits per heavy atom. The Kier molecular flexibility index (Phi) is 3.86. The Bertz CT molecular complexity index is 440. The summed E-state index contributed by atoms with van der Waals surface area (Å²) in [6.07, 6.45) is 13.6. The monoisotopic (exact) mass is 226 g/mol. The maximum atomic E-state index is 3.49. The molecule has 90 valence electrons. The summed E-state index contributed by atoms with van der Waals surface area (Å²) in [5.41, 5.74) is 9.43. The molecule has 2 aliphatic rings. The van der Waals surface area contributed by atoms with Crippen LogP contribution in [0.3, 0.4) is 0 Å². The molecule has 0 aromatic carbocycles. The van der Waals surface area contributed by atoms with Gasteiger partial charge in [0, 0.05) is 5.57 Å². The molecule has 0 heteroatoms. The third kappa shape index (κ3) is 3.11. The summed E-state index contributed by atoms with van der Waals surface area (Å²) < 4.78 is 0. The molecule has 2 aliphatic carbocycles. The van der Waals surface area contributed by atoms with Crippen LogP contribution in [0.1, 0.15) is 46.5 Å². The van der Waals surface area contributed by atoms with Gasteiger partial charge in [0.25, 0.3) is 0 Å². The van der Waals surface area contributed by atoms with Gasteiger partial charge in [-0.05, 0) is 54.9 Å². The smallest absolute Gasteiger partial charge is 0.0198 e. The second kappa shape index (κ2) is 5.38. The van der Waals surface area contributed by atoms with Crippen LogP contribution in [-0.4, -0.2) is 0 Å². The van der Waals surface area contributed by atoms with Crippen LogP contribution in [0.4, 0.5) is 0 Å². The van der Waals surface area contributed by atoms with Crippen LogP contribution >= 0.6 is 0 Å². The lowest BCUT2D eigenvalue weighted by molar-refractivity contribution is 0.778. The van der Waals surface area contributed by atoms with Gasteiger partial charge in [-0.25, -0.2) is 0 Å². The van der Waals surface area contributed by atoms with Crippen molar-refractivity contribution in [2.75, 3.05) is 0 Å². The van der Waals surface area contributed by atoms with Crippen LogP contribution in [0.5, 0.6) is 0 Å². The first-order valence-electron chi connectivity index (χ1n) is 6.77. The number of hydrogen-bond donors (Lipinski definition) is 0. The molecule has 0 aromatic rings. The van der Waals surface area contributed by atoms with Crippen molar-refractivity contribution in [2.24, 2.45) is 5.92 Å². The predicted molar refractivity (Wildman–Crippen MR) is 74.8 cm³/mol. The molecule has 0 spiro atoms. The Hall–Kier alpha value is -1.26. The van der Waals surface area contributed by atoms with E-state index in [1.165, 1.54) is 24.0 Å². The van der Waals surface area contributed by atoms with Crippen molar-refractivity contribution in [1.29, 1.82) is 0 Å². The summed E-state index contributed by atoms with van der Waals surface area (Å²) in [7, 11) is 0. The van der Waals surface area contributed by atoms with E-state index in [4.69, 9.17) is 0 Å². The zero-order valence-corrected chi connectivity index (χ0v) is 11.2. The highest BCUT2D eigenvalue weighted by atomic mass is 14.3. The van der Waals surface area contributed by atoms with E-state index in [-0.39, 0.29) is 0 Å². The number of allylic oxidation sites excluding steroid dienone is 7. The molecule has 0 unspecified atom stereocenters. The van der Waals surface area contributed by atoms with E-state index in [0.717, 1.165) is 12.8 Å². The van der Waals surface area contributed by atoms with Crippen LogP contribution in [0.15, 0.2) is 52.3 Å². The molecule has 1 fully saturated rings. The number of hydrogen-bond acceptors (Lipinski definition) is 0. The molecular weight excluding hydrogens is 204 g/mol. The SMILES string of the molecule is CCC1=CC(C(=C2CC2)C(C)C)=C=CCC=C1. The molecule has 0 amide bonds. The predicted octanol–water partition coefficient (Wildman–Crippen LogP) is 5.11. The van der Waals surface area contributed by atoms with Crippen molar-refractivity contribution in [1.82, 2.24) is 0 Å². The topological polar surface area (TPSA) is 0 Å². The van der Waals surface area contributed by atoms with Crippen molar-refractivity contribution in [3.05, 3.63) is 52.3 Å². The van der Waals surface area contributed by atoms with Gasteiger partial charge < -0.3 is 0 Å². The standard InChI is InChI=1S/C17H22/c1-4-14-8-6-5-7-9-16(12-14)17(13(2)3)15-10-11-15/h6-8,12-13H,4-5,10-11H2,1-3H3. The lowest BCUT2D eigenvalue weighted by Crippen LogP contribution is -1.97. The second-order valence-corrected chi connectivity index (χ2v) is 5.14. The van der Waals surface area contributed by atoms with Crippen LogP contribution in [0, 0.1) is 5.92 Å². The molecule has 0 heterocycles. The molecule has 0 atom stereocenters. The summed E-state index contributed by atoms with van der Waals surface area (Å²) in [6, 6.07) is 0. The van der Waals surface area contributed by atoms with Gasteiger partial charge in [0.05, 0.1) is 0 Å². The first-order chi connectivity index (χ1) is 8.22. The van der Waals surface area contributed by atoms with E-state index < -0.39 is 0 Å². The van der Waals surface area contributed by atoms with E-state index in [1.54, 1.807) is 11.1 Å². The van der Waals surface area contributed by atoms with Gasteiger partial charge in [0.2, 0.25) is 0 Å². The van der Waals surface area contributed by atoms with Crippen molar-refractivity contribution in [3.63, 3.8) is 0 Å². The lowest BCUT2D eigenvalue weighted by atomic mass is 9.92. The summed E-state index contributed by atoms with van der Waals surface area (Å²) in [5, 5.41) is 0. The van der Waals surface area contributed by atoms with E-state index in [0.29, 0.717) is 5.92 Å². The second-order valence-electron chi connectivity index (χ2n) is 5.14. The highest BCUT2D eigenvalue weighted by molar-refractivity contribution is 5.49. The summed E-state index contributed by atoms with van der Waals surface area (Å²) in [5.74, 6) is 0.612. The lowest BCUT2D eigenvalue weighted by Gasteiger charge is -2.13. The fourth-order valence-electron chi connectivity index (χ4n) is 2.35. The minimum Gasteiger partial charge on any atom is -0.117 e. The van der Waals surface area contributed by atoms with Gasteiger partial charge in [-0.3, -0.25) is 0 Å². The summed E-state index contributed by atoms with van der Waals surface area (Å²) in [6.45, 7) is 6.81. The summed E-state index contributed by atoms with van der Waals surface area (Å²) >= 11 is 0. The average molecular weight is 226 g/mol. The molecule has 0 aromatic heterocycles. The van der Waals surface area contributed by atoms with Crippen molar-refractivity contribution >= 4 is 0 Å². The maximum Gasteiger partial charge on any atom is 0.0198 e. The van der Waals surface area contributed by atoms with Gasteiger partial charge in [0.1, 0.15) is 0 Å². The first kappa shape index (κ1) is 12.2. The molecule has 0 bridgehead atoms. The maximum absolute atomic E-state index is 3.49. The average Bonchev–Trinajstić information content (AvgIpc) is 3.05. The third-order valence-corrected chi connectivity index (χ3v) is 3.33. The van der Waals surface area contributed by atoms with Crippen LogP contribution < -0.4 is 0 Å². The van der Waals surface area contributed by atoms with Crippen LogP contribution in [-0.2, 0) is 0 Å². The molecular formula is C17H22. The summed E-state index contributed by atoms with van der Waals surface area (Å²) in [4.78, 5) is 0. The normalized spacial score (nSPS) is 18.7. The van der Waals surface area contributed by atoms with E-state index >= 15 is 0 Å². The van der Waals surface area contributed by atoms with Crippen molar-refractivity contribution < 1.29 is 0 Å². The Morgan fingerprint density at radius 1 is 1.35 bits per heavy atom. The fourth-order valence-corrected chi connectivity index (χ4v) is 2.35. The van der Waals surface area contributed by atoms with Crippen LogP contribution in [0.25, 0.3) is 0 Å². The number of rotatable bonds is 3. The molecule has 0 N–H and O–H groups in total. The van der Waals surface area contributed by atoms with Crippen molar-refractivity contribution in [2.45, 2.75) is 46.5 Å². The van der Waals surface area contributed by atoms with Gasteiger partial charge in [-0.1, -0.05) is 38.5 Å². The fraction of sp³-hybridized carbons (Fsp3) is 0.471. The minimum absolute atomic E-state index is 0.612. The zero-order chi connectivity index (χ0) is 12.3. The molecule has 0 radical (unpaired) electrons. The van der Waals surface area contributed by atoms with Gasteiger partial charge >= 0.3 is 0 Å². The molecule has 17 heavy (non-hydrogen) atoms. The minimum atomic E-state index is 0.612. The third-order valence-electron chi connectivity index (χ3n) is 3.33. The van der Waals surface area contributed by atoms with E-state index in [9.17, 15) is 0 Å². The molecule has 2 rings (SSSR count). The molecule has 0 aliphatic heterocycles. The Balaban J connectivity index is 2.42. The Morgan fingerprint density at radius 2 is 2.12 bits per heavy atom. The first-order valence-corrected chi connectivity index (χ1v) is 6.77. The van der Waals surface area contributed by atoms with Gasteiger partial charge in [-0.15, -0.1) is 5.73 Å². The highest BCUT2D eigenvalue weighted by Gasteiger charge is 2.21.